The summed E-state index contributed by atoms with van der Waals surface area (Å²) in [4.78, 5) is 0. The second-order valence-electron chi connectivity index (χ2n) is 4.22. The third kappa shape index (κ3) is 2.13. The van der Waals surface area contributed by atoms with Gasteiger partial charge in [0, 0.05) is 20.3 Å². The first-order chi connectivity index (χ1) is 4.61. The summed E-state index contributed by atoms with van der Waals surface area (Å²) in [6.45, 7) is 5.79. The quantitative estimate of drug-likeness (QED) is 0.513. The highest BCUT2D eigenvalue weighted by atomic mass is 28.3. The van der Waals surface area contributed by atoms with Gasteiger partial charge in [0.25, 0.3) is 0 Å². The lowest BCUT2D eigenvalue weighted by Gasteiger charge is -2.32. The lowest BCUT2D eigenvalue weighted by Crippen LogP contribution is -2.45. The molecule has 0 amide bonds. The van der Waals surface area contributed by atoms with Crippen molar-refractivity contribution in [2.45, 2.75) is 38.1 Å². The Kier molecular flexibility index (Phi) is 2.58. The molecule has 1 nitrogen and oxygen atoms in total. The fraction of sp³-hybridized carbons (Fsp3) is 1.00. The van der Waals surface area contributed by atoms with Gasteiger partial charge in [-0.2, -0.15) is 0 Å². The van der Waals surface area contributed by atoms with Gasteiger partial charge >= 0.3 is 0 Å². The van der Waals surface area contributed by atoms with Crippen LogP contribution in [0.1, 0.15) is 19.3 Å². The van der Waals surface area contributed by atoms with Gasteiger partial charge in [-0.25, -0.2) is 0 Å². The van der Waals surface area contributed by atoms with E-state index in [0.717, 1.165) is 6.61 Å². The van der Waals surface area contributed by atoms with Gasteiger partial charge in [0.1, 0.15) is 0 Å². The molecule has 0 saturated carbocycles. The van der Waals surface area contributed by atoms with Gasteiger partial charge in [0.05, 0.1) is 7.44 Å². The highest BCUT2D eigenvalue weighted by Crippen LogP contribution is 2.19. The van der Waals surface area contributed by atoms with Crippen molar-refractivity contribution in [3.8, 4) is 0 Å². The number of hydrogen-bond donors (Lipinski definition) is 0. The Morgan fingerprint density at radius 2 is 2.10 bits per heavy atom. The van der Waals surface area contributed by atoms with E-state index in [1.54, 1.807) is 0 Å². The normalized spacial score (nSPS) is 28.4. The molecular formula is C7H17BOSi. The zero-order chi connectivity index (χ0) is 7.61. The summed E-state index contributed by atoms with van der Waals surface area (Å²) >= 11 is 0. The molecule has 1 rings (SSSR count). The molecule has 3 heteroatoms. The molecule has 1 unspecified atom stereocenters. The van der Waals surface area contributed by atoms with Crippen LogP contribution in [0, 0.1) is 0 Å². The highest BCUT2D eigenvalue weighted by Gasteiger charge is 2.28. The third-order valence-electron chi connectivity index (χ3n) is 2.15. The molecule has 1 atom stereocenters. The van der Waals surface area contributed by atoms with E-state index in [1.807, 2.05) is 0 Å². The van der Waals surface area contributed by atoms with Crippen molar-refractivity contribution < 1.29 is 4.74 Å². The van der Waals surface area contributed by atoms with Gasteiger partial charge in [-0.05, 0) is 19.3 Å². The monoisotopic (exact) mass is 156 g/mol. The molecule has 0 aromatic carbocycles. The fourth-order valence-electron chi connectivity index (χ4n) is 1.42. The van der Waals surface area contributed by atoms with Crippen molar-refractivity contribution in [3.63, 3.8) is 0 Å². The van der Waals surface area contributed by atoms with Gasteiger partial charge in [0.15, 0.2) is 0 Å². The number of rotatable bonds is 1. The number of hydrogen-bond acceptors (Lipinski definition) is 1. The Balaban J connectivity index is 2.39. The van der Waals surface area contributed by atoms with E-state index in [1.165, 1.54) is 19.3 Å². The summed E-state index contributed by atoms with van der Waals surface area (Å²) in [5, 5.41) is 0. The summed E-state index contributed by atoms with van der Waals surface area (Å²) in [6.07, 6.45) is 3.98. The Morgan fingerprint density at radius 1 is 1.40 bits per heavy atom. The molecule has 1 fully saturated rings. The van der Waals surface area contributed by atoms with Crippen LogP contribution >= 0.6 is 0 Å². The topological polar surface area (TPSA) is 9.23 Å². The second-order valence-corrected chi connectivity index (χ2v) is 9.60. The molecule has 0 radical (unpaired) electrons. The molecule has 58 valence electrons. The van der Waals surface area contributed by atoms with E-state index >= 15 is 0 Å². The first-order valence-electron chi connectivity index (χ1n) is 4.22. The van der Waals surface area contributed by atoms with Crippen LogP contribution in [0.3, 0.4) is 0 Å². The fourth-order valence-corrected chi connectivity index (χ4v) is 3.11. The van der Waals surface area contributed by atoms with E-state index in [9.17, 15) is 0 Å². The Labute approximate surface area is 65.5 Å². The van der Waals surface area contributed by atoms with Crippen LogP contribution in [-0.4, -0.2) is 27.7 Å². The molecule has 1 heterocycles. The Hall–Kier alpha value is 0.242. The predicted molar refractivity (Wildman–Crippen MR) is 49.6 cm³/mol. The first kappa shape index (κ1) is 8.34. The SMILES string of the molecule is B[Si](C)(C)C1CCCCO1. The molecule has 0 spiro atoms. The van der Waals surface area contributed by atoms with Crippen LogP contribution in [0.15, 0.2) is 0 Å². The lowest BCUT2D eigenvalue weighted by molar-refractivity contribution is 0.0619. The minimum Gasteiger partial charge on any atom is -0.382 e. The highest BCUT2D eigenvalue weighted by molar-refractivity contribution is 7.16. The van der Waals surface area contributed by atoms with Crippen molar-refractivity contribution in [2.24, 2.45) is 0 Å². The first-order valence-corrected chi connectivity index (χ1v) is 7.80. The van der Waals surface area contributed by atoms with Gasteiger partial charge in [-0.1, -0.05) is 13.1 Å². The second kappa shape index (κ2) is 3.10. The van der Waals surface area contributed by atoms with Crippen LogP contribution in [0.2, 0.25) is 13.1 Å². The van der Waals surface area contributed by atoms with Gasteiger partial charge in [-0.15, -0.1) is 0 Å². The largest absolute Gasteiger partial charge is 0.382 e. The maximum atomic E-state index is 5.70. The Bertz CT molecular complexity index is 105. The molecule has 0 aliphatic carbocycles. The third-order valence-corrected chi connectivity index (χ3v) is 4.53. The molecule has 1 aliphatic heterocycles. The van der Waals surface area contributed by atoms with Crippen molar-refractivity contribution >= 4 is 15.4 Å². The smallest absolute Gasteiger partial charge is 0.0998 e. The molecule has 0 N–H and O–H groups in total. The maximum absolute atomic E-state index is 5.70. The van der Waals surface area contributed by atoms with E-state index in [2.05, 4.69) is 20.5 Å². The summed E-state index contributed by atoms with van der Waals surface area (Å²) in [5.41, 5.74) is 0.640. The summed E-state index contributed by atoms with van der Waals surface area (Å²) in [6, 6.07) is 0. The van der Waals surface area contributed by atoms with E-state index in [4.69, 9.17) is 4.74 Å². The van der Waals surface area contributed by atoms with Crippen molar-refractivity contribution in [1.82, 2.24) is 0 Å². The molecule has 10 heavy (non-hydrogen) atoms. The zero-order valence-corrected chi connectivity index (χ0v) is 8.31. The molecule has 0 aromatic heterocycles. The summed E-state index contributed by atoms with van der Waals surface area (Å²) in [7, 11) is 1.41. The minimum atomic E-state index is -0.979. The van der Waals surface area contributed by atoms with Crippen LogP contribution in [0.25, 0.3) is 0 Å². The van der Waals surface area contributed by atoms with E-state index in [-0.39, 0.29) is 0 Å². The van der Waals surface area contributed by atoms with Gasteiger partial charge in [0.2, 0.25) is 0 Å². The zero-order valence-electron chi connectivity index (χ0n) is 7.31. The predicted octanol–water partition coefficient (Wildman–Crippen LogP) is 0.933. The number of ether oxygens (including phenoxy) is 1. The minimum absolute atomic E-state index is 0.640. The van der Waals surface area contributed by atoms with Crippen LogP contribution < -0.4 is 0 Å². The average molecular weight is 156 g/mol. The van der Waals surface area contributed by atoms with Crippen molar-refractivity contribution in [2.75, 3.05) is 6.61 Å². The molecule has 1 saturated heterocycles. The van der Waals surface area contributed by atoms with Gasteiger partial charge < -0.3 is 4.74 Å². The molecule has 0 aromatic rings. The van der Waals surface area contributed by atoms with Gasteiger partial charge in [-0.3, -0.25) is 0 Å². The molecular weight excluding hydrogens is 139 g/mol. The maximum Gasteiger partial charge on any atom is 0.0998 e. The van der Waals surface area contributed by atoms with Crippen molar-refractivity contribution in [3.05, 3.63) is 0 Å². The lowest BCUT2D eigenvalue weighted by atomic mass is 10.2. The van der Waals surface area contributed by atoms with Crippen LogP contribution in [0.4, 0.5) is 0 Å². The molecule has 0 bridgehead atoms. The summed E-state index contributed by atoms with van der Waals surface area (Å²) in [5.74, 6) is 0. The molecule has 1 aliphatic rings. The van der Waals surface area contributed by atoms with E-state index in [0.29, 0.717) is 5.73 Å². The van der Waals surface area contributed by atoms with Crippen molar-refractivity contribution in [1.29, 1.82) is 0 Å². The summed E-state index contributed by atoms with van der Waals surface area (Å²) < 4.78 is 5.70. The van der Waals surface area contributed by atoms with E-state index < -0.39 is 7.94 Å². The van der Waals surface area contributed by atoms with Crippen LogP contribution in [0.5, 0.6) is 0 Å². The standard InChI is InChI=1S/C7H17BOSi/c1-10(2,8)7-5-3-4-6-9-7/h7H,3-6,8H2,1-2H3. The van der Waals surface area contributed by atoms with Crippen LogP contribution in [-0.2, 0) is 4.74 Å². The Morgan fingerprint density at radius 3 is 2.40 bits per heavy atom. The average Bonchev–Trinajstić information content (AvgIpc) is 1.88.